The monoisotopic (exact) mass is 327 g/mol. The lowest BCUT2D eigenvalue weighted by molar-refractivity contribution is -0.134. The van der Waals surface area contributed by atoms with Crippen LogP contribution in [0, 0.1) is 5.92 Å². The fourth-order valence-corrected chi connectivity index (χ4v) is 3.44. The summed E-state index contributed by atoms with van der Waals surface area (Å²) in [6.45, 7) is 4.51. The molecule has 1 aromatic heterocycles. The minimum absolute atomic E-state index is 0.0842. The van der Waals surface area contributed by atoms with Crippen molar-refractivity contribution in [3.8, 4) is 11.4 Å². The molecule has 3 rings (SSSR count). The van der Waals surface area contributed by atoms with Gasteiger partial charge < -0.3 is 9.80 Å². The van der Waals surface area contributed by atoms with Crippen LogP contribution in [0.5, 0.6) is 0 Å². The summed E-state index contributed by atoms with van der Waals surface area (Å²) in [5, 5.41) is 4.43. The van der Waals surface area contributed by atoms with E-state index in [1.54, 1.807) is 11.0 Å². The Kier molecular flexibility index (Phi) is 4.94. The number of likely N-dealkylation sites (tertiary alicyclic amines) is 1. The molecule has 1 fully saturated rings. The second-order valence-electron chi connectivity index (χ2n) is 6.73. The Hall–Kier alpha value is -2.21. The van der Waals surface area contributed by atoms with Gasteiger partial charge in [0.2, 0.25) is 5.91 Å². The number of piperidine rings is 1. The molecule has 6 heteroatoms. The molecule has 2 heterocycles. The standard InChI is InChI=1S/C18H25N5O/c1-14-11-21(2)10-9-16(14)22(3)17(24)12-23-13-19-18(20-23)15-7-5-4-6-8-15/h4-8,13-14,16H,9-12H2,1-3H3. The first-order valence-corrected chi connectivity index (χ1v) is 8.43. The minimum atomic E-state index is 0.0842. The first-order chi connectivity index (χ1) is 11.5. The summed E-state index contributed by atoms with van der Waals surface area (Å²) in [5.74, 6) is 1.22. The zero-order chi connectivity index (χ0) is 17.1. The van der Waals surface area contributed by atoms with E-state index in [0.29, 0.717) is 17.8 Å². The Balaban J connectivity index is 1.63. The maximum absolute atomic E-state index is 12.6. The Labute approximate surface area is 143 Å². The summed E-state index contributed by atoms with van der Waals surface area (Å²) in [5.41, 5.74) is 0.959. The predicted octanol–water partition coefficient (Wildman–Crippen LogP) is 1.74. The van der Waals surface area contributed by atoms with Crippen molar-refractivity contribution in [2.24, 2.45) is 5.92 Å². The van der Waals surface area contributed by atoms with E-state index < -0.39 is 0 Å². The number of likely N-dealkylation sites (N-methyl/N-ethyl adjacent to an activating group) is 1. The first kappa shape index (κ1) is 16.6. The molecular formula is C18H25N5O. The van der Waals surface area contributed by atoms with Crippen LogP contribution < -0.4 is 0 Å². The van der Waals surface area contributed by atoms with Crippen molar-refractivity contribution >= 4 is 5.91 Å². The van der Waals surface area contributed by atoms with Crippen molar-refractivity contribution in [2.45, 2.75) is 25.9 Å². The third-order valence-corrected chi connectivity index (χ3v) is 4.82. The fraction of sp³-hybridized carbons (Fsp3) is 0.500. The van der Waals surface area contributed by atoms with Gasteiger partial charge in [0, 0.05) is 25.2 Å². The van der Waals surface area contributed by atoms with Crippen LogP contribution in [0.3, 0.4) is 0 Å². The van der Waals surface area contributed by atoms with Crippen LogP contribution in [-0.4, -0.2) is 63.7 Å². The molecule has 1 amide bonds. The molecule has 0 spiro atoms. The van der Waals surface area contributed by atoms with Gasteiger partial charge in [0.1, 0.15) is 12.9 Å². The normalized spacial score (nSPS) is 21.6. The maximum Gasteiger partial charge on any atom is 0.244 e. The number of aromatic nitrogens is 3. The number of amides is 1. The van der Waals surface area contributed by atoms with Crippen LogP contribution in [0.1, 0.15) is 13.3 Å². The van der Waals surface area contributed by atoms with E-state index in [1.807, 2.05) is 42.3 Å². The lowest BCUT2D eigenvalue weighted by Gasteiger charge is -2.40. The molecular weight excluding hydrogens is 302 g/mol. The summed E-state index contributed by atoms with van der Waals surface area (Å²) < 4.78 is 1.63. The average molecular weight is 327 g/mol. The highest BCUT2D eigenvalue weighted by Gasteiger charge is 2.29. The molecule has 128 valence electrons. The van der Waals surface area contributed by atoms with Gasteiger partial charge in [-0.2, -0.15) is 5.10 Å². The molecule has 0 saturated carbocycles. The molecule has 1 aliphatic rings. The van der Waals surface area contributed by atoms with Crippen molar-refractivity contribution in [2.75, 3.05) is 27.2 Å². The van der Waals surface area contributed by atoms with Crippen molar-refractivity contribution in [1.82, 2.24) is 24.6 Å². The Morgan fingerprint density at radius 1 is 1.33 bits per heavy atom. The second-order valence-corrected chi connectivity index (χ2v) is 6.73. The zero-order valence-electron chi connectivity index (χ0n) is 14.6. The van der Waals surface area contributed by atoms with E-state index in [9.17, 15) is 4.79 Å². The van der Waals surface area contributed by atoms with Crippen LogP contribution in [0.4, 0.5) is 0 Å². The van der Waals surface area contributed by atoms with Gasteiger partial charge in [0.25, 0.3) is 0 Å². The first-order valence-electron chi connectivity index (χ1n) is 8.43. The lowest BCUT2D eigenvalue weighted by Crippen LogP contribution is -2.50. The number of carbonyl (C=O) groups excluding carboxylic acids is 1. The summed E-state index contributed by atoms with van der Waals surface area (Å²) in [6.07, 6.45) is 2.65. The molecule has 0 aliphatic carbocycles. The number of carbonyl (C=O) groups is 1. The molecule has 2 unspecified atom stereocenters. The Morgan fingerprint density at radius 2 is 2.08 bits per heavy atom. The SMILES string of the molecule is CC1CN(C)CCC1N(C)C(=O)Cn1cnc(-c2ccccc2)n1. The fourth-order valence-electron chi connectivity index (χ4n) is 3.44. The summed E-state index contributed by atoms with van der Waals surface area (Å²) in [6, 6.07) is 10.1. The van der Waals surface area contributed by atoms with Gasteiger partial charge in [-0.15, -0.1) is 0 Å². The predicted molar refractivity (Wildman–Crippen MR) is 93.3 cm³/mol. The summed E-state index contributed by atoms with van der Waals surface area (Å²) in [4.78, 5) is 21.1. The van der Waals surface area contributed by atoms with Crippen LogP contribution in [-0.2, 0) is 11.3 Å². The van der Waals surface area contributed by atoms with E-state index in [0.717, 1.165) is 25.1 Å². The number of hydrogen-bond acceptors (Lipinski definition) is 4. The van der Waals surface area contributed by atoms with E-state index in [1.165, 1.54) is 0 Å². The van der Waals surface area contributed by atoms with Gasteiger partial charge >= 0.3 is 0 Å². The van der Waals surface area contributed by atoms with Crippen molar-refractivity contribution in [1.29, 1.82) is 0 Å². The van der Waals surface area contributed by atoms with E-state index in [4.69, 9.17) is 0 Å². The zero-order valence-corrected chi connectivity index (χ0v) is 14.6. The number of hydrogen-bond donors (Lipinski definition) is 0. The molecule has 1 aliphatic heterocycles. The molecule has 1 aromatic carbocycles. The summed E-state index contributed by atoms with van der Waals surface area (Å²) in [7, 11) is 4.04. The van der Waals surface area contributed by atoms with Gasteiger partial charge in [-0.25, -0.2) is 9.67 Å². The molecule has 0 radical (unpaired) electrons. The highest BCUT2D eigenvalue weighted by molar-refractivity contribution is 5.76. The van der Waals surface area contributed by atoms with Gasteiger partial charge in [-0.1, -0.05) is 37.3 Å². The Morgan fingerprint density at radius 3 is 2.79 bits per heavy atom. The molecule has 2 aromatic rings. The molecule has 1 saturated heterocycles. The van der Waals surface area contributed by atoms with Gasteiger partial charge in [-0.05, 0) is 25.9 Å². The van der Waals surface area contributed by atoms with Gasteiger partial charge in [-0.3, -0.25) is 4.79 Å². The largest absolute Gasteiger partial charge is 0.341 e. The molecule has 24 heavy (non-hydrogen) atoms. The highest BCUT2D eigenvalue weighted by Crippen LogP contribution is 2.20. The van der Waals surface area contributed by atoms with E-state index >= 15 is 0 Å². The third kappa shape index (κ3) is 3.64. The molecule has 2 atom stereocenters. The number of nitrogens with zero attached hydrogens (tertiary/aromatic N) is 5. The van der Waals surface area contributed by atoms with Crippen LogP contribution in [0.15, 0.2) is 36.7 Å². The topological polar surface area (TPSA) is 54.3 Å². The number of rotatable bonds is 4. The summed E-state index contributed by atoms with van der Waals surface area (Å²) >= 11 is 0. The minimum Gasteiger partial charge on any atom is -0.341 e. The van der Waals surface area contributed by atoms with E-state index in [2.05, 4.69) is 29.0 Å². The molecule has 0 N–H and O–H groups in total. The second kappa shape index (κ2) is 7.13. The quantitative estimate of drug-likeness (QED) is 0.858. The van der Waals surface area contributed by atoms with Gasteiger partial charge in [0.15, 0.2) is 5.82 Å². The lowest BCUT2D eigenvalue weighted by atomic mass is 9.93. The van der Waals surface area contributed by atoms with Gasteiger partial charge in [0.05, 0.1) is 0 Å². The van der Waals surface area contributed by atoms with Crippen LogP contribution in [0.25, 0.3) is 11.4 Å². The molecule has 6 nitrogen and oxygen atoms in total. The molecule has 0 bridgehead atoms. The smallest absolute Gasteiger partial charge is 0.244 e. The van der Waals surface area contributed by atoms with E-state index in [-0.39, 0.29) is 12.5 Å². The average Bonchev–Trinajstić information content (AvgIpc) is 3.03. The van der Waals surface area contributed by atoms with Crippen molar-refractivity contribution in [3.63, 3.8) is 0 Å². The van der Waals surface area contributed by atoms with Crippen molar-refractivity contribution < 1.29 is 4.79 Å². The number of benzene rings is 1. The highest BCUT2D eigenvalue weighted by atomic mass is 16.2. The van der Waals surface area contributed by atoms with Crippen molar-refractivity contribution in [3.05, 3.63) is 36.7 Å². The van der Waals surface area contributed by atoms with Crippen LogP contribution in [0.2, 0.25) is 0 Å². The maximum atomic E-state index is 12.6. The Bertz CT molecular complexity index is 684. The third-order valence-electron chi connectivity index (χ3n) is 4.82. The van der Waals surface area contributed by atoms with Crippen LogP contribution >= 0.6 is 0 Å².